The van der Waals surface area contributed by atoms with Gasteiger partial charge in [0.2, 0.25) is 5.88 Å². The second-order valence-corrected chi connectivity index (χ2v) is 6.95. The van der Waals surface area contributed by atoms with Crippen molar-refractivity contribution < 1.29 is 4.74 Å². The summed E-state index contributed by atoms with van der Waals surface area (Å²) in [7, 11) is 0. The highest BCUT2D eigenvalue weighted by Crippen LogP contribution is 2.29. The molecule has 0 bridgehead atoms. The monoisotopic (exact) mass is 305 g/mol. The van der Waals surface area contributed by atoms with E-state index in [-0.39, 0.29) is 0 Å². The van der Waals surface area contributed by atoms with Gasteiger partial charge in [0.1, 0.15) is 0 Å². The molecule has 0 atom stereocenters. The van der Waals surface area contributed by atoms with E-state index in [1.54, 1.807) is 0 Å². The molecule has 0 amide bonds. The van der Waals surface area contributed by atoms with E-state index in [0.29, 0.717) is 0 Å². The Kier molecular flexibility index (Phi) is 5.76. The van der Waals surface area contributed by atoms with Gasteiger partial charge in [-0.1, -0.05) is 6.92 Å². The zero-order valence-electron chi connectivity index (χ0n) is 14.1. The third-order valence-electron chi connectivity index (χ3n) is 4.77. The molecule has 1 aliphatic heterocycles. The molecular weight excluding hydrogens is 274 g/mol. The van der Waals surface area contributed by atoms with Crippen LogP contribution < -0.4 is 4.74 Å². The van der Waals surface area contributed by atoms with Gasteiger partial charge >= 0.3 is 0 Å². The van der Waals surface area contributed by atoms with Crippen molar-refractivity contribution in [3.05, 3.63) is 11.8 Å². The summed E-state index contributed by atoms with van der Waals surface area (Å²) in [5.74, 6) is 1.83. The number of ether oxygens (including phenoxy) is 1. The minimum atomic E-state index is 0.805. The van der Waals surface area contributed by atoms with Crippen LogP contribution in [-0.4, -0.2) is 40.9 Å². The van der Waals surface area contributed by atoms with Crippen molar-refractivity contribution in [1.82, 2.24) is 14.7 Å². The summed E-state index contributed by atoms with van der Waals surface area (Å²) < 4.78 is 7.97. The molecule has 2 aliphatic rings. The maximum absolute atomic E-state index is 5.84. The summed E-state index contributed by atoms with van der Waals surface area (Å²) >= 11 is 0. The predicted molar refractivity (Wildman–Crippen MR) is 89.3 cm³/mol. The molecule has 1 aliphatic carbocycles. The molecule has 0 unspecified atom stereocenters. The highest BCUT2D eigenvalue weighted by Gasteiger charge is 2.23. The van der Waals surface area contributed by atoms with E-state index in [4.69, 9.17) is 4.74 Å². The van der Waals surface area contributed by atoms with Crippen molar-refractivity contribution in [2.45, 2.75) is 64.8 Å². The minimum absolute atomic E-state index is 0.805. The predicted octanol–water partition coefficient (Wildman–Crippen LogP) is 3.50. The quantitative estimate of drug-likeness (QED) is 0.620. The Balaban J connectivity index is 1.31. The molecular formula is C18H31N3O. The molecule has 22 heavy (non-hydrogen) atoms. The number of hydrogen-bond donors (Lipinski definition) is 0. The molecule has 0 aromatic carbocycles. The van der Waals surface area contributed by atoms with Crippen LogP contribution in [0.2, 0.25) is 0 Å². The zero-order valence-corrected chi connectivity index (χ0v) is 14.1. The van der Waals surface area contributed by atoms with Crippen molar-refractivity contribution >= 4 is 0 Å². The molecule has 1 fully saturated rings. The largest absolute Gasteiger partial charge is 0.477 e. The highest BCUT2D eigenvalue weighted by molar-refractivity contribution is 5.16. The van der Waals surface area contributed by atoms with Crippen LogP contribution in [0.1, 0.15) is 57.6 Å². The fourth-order valence-electron chi connectivity index (χ4n) is 3.35. The van der Waals surface area contributed by atoms with E-state index in [9.17, 15) is 0 Å². The Hall–Kier alpha value is -1.03. The summed E-state index contributed by atoms with van der Waals surface area (Å²) in [6.07, 6.45) is 10.2. The van der Waals surface area contributed by atoms with Crippen LogP contribution in [0.4, 0.5) is 0 Å². The second-order valence-electron chi connectivity index (χ2n) is 6.95. The average Bonchev–Trinajstić information content (AvgIpc) is 3.23. The molecule has 0 spiro atoms. The Bertz CT molecular complexity index is 430. The smallest absolute Gasteiger partial charge is 0.232 e. The SMILES string of the molecule is CCCN(CCCCOc1cc2n(n1)CCCC2)CC1CC1. The van der Waals surface area contributed by atoms with Crippen molar-refractivity contribution in [3.8, 4) is 5.88 Å². The summed E-state index contributed by atoms with van der Waals surface area (Å²) in [6.45, 7) is 7.95. The number of fused-ring (bicyclic) bond motifs is 1. The van der Waals surface area contributed by atoms with Gasteiger partial charge in [-0.15, -0.1) is 5.10 Å². The van der Waals surface area contributed by atoms with E-state index in [1.165, 1.54) is 63.9 Å². The Morgan fingerprint density at radius 2 is 2.18 bits per heavy atom. The van der Waals surface area contributed by atoms with Crippen molar-refractivity contribution in [2.75, 3.05) is 26.2 Å². The van der Waals surface area contributed by atoms with Crippen LogP contribution >= 0.6 is 0 Å². The highest BCUT2D eigenvalue weighted by atomic mass is 16.5. The fraction of sp³-hybridized carbons (Fsp3) is 0.833. The van der Waals surface area contributed by atoms with Gasteiger partial charge in [0.05, 0.1) is 6.61 Å². The van der Waals surface area contributed by atoms with Gasteiger partial charge in [0, 0.05) is 24.8 Å². The number of hydrogen-bond acceptors (Lipinski definition) is 3. The summed E-state index contributed by atoms with van der Waals surface area (Å²) in [4.78, 5) is 2.65. The Morgan fingerprint density at radius 1 is 1.27 bits per heavy atom. The molecule has 1 saturated carbocycles. The van der Waals surface area contributed by atoms with Crippen LogP contribution in [0.3, 0.4) is 0 Å². The number of aryl methyl sites for hydroxylation is 2. The van der Waals surface area contributed by atoms with E-state index >= 15 is 0 Å². The zero-order chi connectivity index (χ0) is 15.2. The molecule has 1 aromatic rings. The number of nitrogens with zero attached hydrogens (tertiary/aromatic N) is 3. The third kappa shape index (κ3) is 4.73. The van der Waals surface area contributed by atoms with Crippen molar-refractivity contribution in [1.29, 1.82) is 0 Å². The lowest BCUT2D eigenvalue weighted by Gasteiger charge is -2.21. The number of rotatable bonds is 10. The van der Waals surface area contributed by atoms with Crippen LogP contribution in [-0.2, 0) is 13.0 Å². The maximum atomic E-state index is 5.84. The standard InChI is InChI=1S/C18H31N3O/c1-2-10-20(15-16-8-9-16)11-5-6-13-22-18-14-17-7-3-4-12-21(17)19-18/h14,16H,2-13,15H2,1H3. The topological polar surface area (TPSA) is 30.3 Å². The van der Waals surface area contributed by atoms with Gasteiger partial charge in [-0.05, 0) is 70.4 Å². The Labute approximate surface area is 134 Å². The van der Waals surface area contributed by atoms with Crippen molar-refractivity contribution in [3.63, 3.8) is 0 Å². The molecule has 2 heterocycles. The third-order valence-corrected chi connectivity index (χ3v) is 4.77. The van der Waals surface area contributed by atoms with Gasteiger partial charge in [0.15, 0.2) is 0 Å². The first-order valence-electron chi connectivity index (χ1n) is 9.27. The van der Waals surface area contributed by atoms with E-state index in [1.807, 2.05) is 0 Å². The van der Waals surface area contributed by atoms with Crippen LogP contribution in [0, 0.1) is 5.92 Å². The van der Waals surface area contributed by atoms with Gasteiger partial charge in [-0.2, -0.15) is 0 Å². The maximum Gasteiger partial charge on any atom is 0.232 e. The summed E-state index contributed by atoms with van der Waals surface area (Å²) in [5, 5.41) is 4.54. The summed E-state index contributed by atoms with van der Waals surface area (Å²) in [5.41, 5.74) is 1.35. The lowest BCUT2D eigenvalue weighted by molar-refractivity contribution is 0.239. The van der Waals surface area contributed by atoms with Gasteiger partial charge in [0.25, 0.3) is 0 Å². The van der Waals surface area contributed by atoms with Crippen LogP contribution in [0.25, 0.3) is 0 Å². The average molecular weight is 305 g/mol. The fourth-order valence-corrected chi connectivity index (χ4v) is 3.35. The summed E-state index contributed by atoms with van der Waals surface area (Å²) in [6, 6.07) is 2.13. The number of unbranched alkanes of at least 4 members (excludes halogenated alkanes) is 1. The first-order valence-corrected chi connectivity index (χ1v) is 9.27. The molecule has 0 N–H and O–H groups in total. The molecule has 0 radical (unpaired) electrons. The molecule has 4 heteroatoms. The first-order chi connectivity index (χ1) is 10.8. The second kappa shape index (κ2) is 8.00. The normalized spacial score (nSPS) is 17.7. The molecule has 124 valence electrons. The van der Waals surface area contributed by atoms with Gasteiger partial charge in [-0.25, -0.2) is 0 Å². The van der Waals surface area contributed by atoms with Crippen LogP contribution in [0.15, 0.2) is 6.07 Å². The van der Waals surface area contributed by atoms with E-state index in [0.717, 1.165) is 37.8 Å². The van der Waals surface area contributed by atoms with Gasteiger partial charge < -0.3 is 9.64 Å². The first kappa shape index (κ1) is 15.9. The molecule has 0 saturated heterocycles. The molecule has 3 rings (SSSR count). The lowest BCUT2D eigenvalue weighted by Crippen LogP contribution is -2.28. The van der Waals surface area contributed by atoms with E-state index in [2.05, 4.69) is 27.7 Å². The van der Waals surface area contributed by atoms with Crippen LogP contribution in [0.5, 0.6) is 5.88 Å². The lowest BCUT2D eigenvalue weighted by atomic mass is 10.1. The Morgan fingerprint density at radius 3 is 2.95 bits per heavy atom. The van der Waals surface area contributed by atoms with E-state index < -0.39 is 0 Å². The minimum Gasteiger partial charge on any atom is -0.477 e. The van der Waals surface area contributed by atoms with Crippen molar-refractivity contribution in [2.24, 2.45) is 5.92 Å². The molecule has 1 aromatic heterocycles. The number of aromatic nitrogens is 2. The van der Waals surface area contributed by atoms with Gasteiger partial charge in [-0.3, -0.25) is 4.68 Å². The molecule has 4 nitrogen and oxygen atoms in total.